The van der Waals surface area contributed by atoms with Crippen LogP contribution in [0.5, 0.6) is 0 Å². The maximum absolute atomic E-state index is 5.73. The molecule has 0 radical (unpaired) electrons. The molecule has 0 aromatic carbocycles. The Morgan fingerprint density at radius 2 is 1.58 bits per heavy atom. The first-order valence-electron chi connectivity index (χ1n) is 9.68. The van der Waals surface area contributed by atoms with Gasteiger partial charge in [-0.05, 0) is 12.5 Å². The van der Waals surface area contributed by atoms with E-state index in [1.807, 2.05) is 0 Å². The molecule has 3 N–H and O–H groups in total. The van der Waals surface area contributed by atoms with E-state index in [1.165, 1.54) is 32.6 Å². The van der Waals surface area contributed by atoms with E-state index < -0.39 is 0 Å². The van der Waals surface area contributed by atoms with Gasteiger partial charge in [0, 0.05) is 57.8 Å². The summed E-state index contributed by atoms with van der Waals surface area (Å²) < 4.78 is 11.2. The van der Waals surface area contributed by atoms with E-state index in [1.54, 1.807) is 0 Å². The summed E-state index contributed by atoms with van der Waals surface area (Å²) >= 11 is 0. The van der Waals surface area contributed by atoms with Crippen molar-refractivity contribution < 1.29 is 9.47 Å². The zero-order valence-corrected chi connectivity index (χ0v) is 15.8. The first kappa shape index (κ1) is 20.1. The van der Waals surface area contributed by atoms with Gasteiger partial charge in [-0.15, -0.1) is 0 Å². The largest absolute Gasteiger partial charge is 0.379 e. The lowest BCUT2D eigenvalue weighted by molar-refractivity contribution is -0.123. The highest BCUT2D eigenvalue weighted by atomic mass is 16.5. The average molecular weight is 343 g/mol. The van der Waals surface area contributed by atoms with Crippen molar-refractivity contribution in [2.24, 2.45) is 17.1 Å². The fourth-order valence-electron chi connectivity index (χ4n) is 3.63. The summed E-state index contributed by atoms with van der Waals surface area (Å²) in [5.41, 5.74) is 5.99. The van der Waals surface area contributed by atoms with E-state index in [9.17, 15) is 0 Å². The van der Waals surface area contributed by atoms with Crippen LogP contribution in [0.15, 0.2) is 0 Å². The molecule has 2 fully saturated rings. The average Bonchev–Trinajstić information content (AvgIpc) is 2.51. The number of nitrogens with zero attached hydrogens (tertiary/aromatic N) is 2. The summed E-state index contributed by atoms with van der Waals surface area (Å²) in [6.45, 7) is 17.5. The molecular formula is C18H38N4O2. The second-order valence-electron chi connectivity index (χ2n) is 7.65. The minimum absolute atomic E-state index is 0.575. The van der Waals surface area contributed by atoms with Crippen molar-refractivity contribution in [3.63, 3.8) is 0 Å². The Hall–Kier alpha value is -0.240. The molecule has 24 heavy (non-hydrogen) atoms. The highest BCUT2D eigenvalue weighted by Gasteiger charge is 2.50. The number of hydrogen-bond acceptors (Lipinski definition) is 6. The third-order valence-corrected chi connectivity index (χ3v) is 5.21. The van der Waals surface area contributed by atoms with Gasteiger partial charge in [0.05, 0.1) is 26.4 Å². The molecule has 2 aliphatic rings. The molecule has 6 nitrogen and oxygen atoms in total. The molecule has 142 valence electrons. The van der Waals surface area contributed by atoms with Crippen LogP contribution in [0.25, 0.3) is 0 Å². The lowest BCUT2D eigenvalue weighted by atomic mass is 9.73. The van der Waals surface area contributed by atoms with E-state index in [0.29, 0.717) is 18.6 Å². The number of likely N-dealkylation sites (tertiary alicyclic amines) is 2. The van der Waals surface area contributed by atoms with E-state index in [-0.39, 0.29) is 0 Å². The van der Waals surface area contributed by atoms with E-state index >= 15 is 0 Å². The van der Waals surface area contributed by atoms with Crippen LogP contribution in [0.1, 0.15) is 20.3 Å². The van der Waals surface area contributed by atoms with Gasteiger partial charge in [0.2, 0.25) is 0 Å². The SMILES string of the molecule is CCC(C)CNCCOCCN1CC2(CN(CCOCCN)C2)C1. The highest BCUT2D eigenvalue weighted by molar-refractivity contribution is 5.05. The van der Waals surface area contributed by atoms with Gasteiger partial charge in [-0.1, -0.05) is 20.3 Å². The molecular weight excluding hydrogens is 304 g/mol. The van der Waals surface area contributed by atoms with Crippen LogP contribution < -0.4 is 11.1 Å². The normalized spacial score (nSPS) is 21.6. The minimum Gasteiger partial charge on any atom is -0.379 e. The predicted molar refractivity (Wildman–Crippen MR) is 98.3 cm³/mol. The summed E-state index contributed by atoms with van der Waals surface area (Å²) in [7, 11) is 0. The summed E-state index contributed by atoms with van der Waals surface area (Å²) in [5.74, 6) is 0.761. The van der Waals surface area contributed by atoms with Gasteiger partial charge in [-0.25, -0.2) is 0 Å². The van der Waals surface area contributed by atoms with Crippen LogP contribution in [-0.4, -0.2) is 95.1 Å². The van der Waals surface area contributed by atoms with Crippen molar-refractivity contribution in [2.45, 2.75) is 20.3 Å². The Labute approximate surface area is 148 Å². The van der Waals surface area contributed by atoms with Crippen molar-refractivity contribution in [2.75, 3.05) is 85.3 Å². The van der Waals surface area contributed by atoms with Crippen LogP contribution in [-0.2, 0) is 9.47 Å². The number of ether oxygens (including phenoxy) is 2. The van der Waals surface area contributed by atoms with E-state index in [2.05, 4.69) is 29.0 Å². The first-order chi connectivity index (χ1) is 11.7. The third-order valence-electron chi connectivity index (χ3n) is 5.21. The lowest BCUT2D eigenvalue weighted by Crippen LogP contribution is -2.72. The Morgan fingerprint density at radius 1 is 1.00 bits per heavy atom. The Morgan fingerprint density at radius 3 is 2.12 bits per heavy atom. The van der Waals surface area contributed by atoms with Crippen molar-refractivity contribution in [3.05, 3.63) is 0 Å². The second-order valence-corrected chi connectivity index (χ2v) is 7.65. The molecule has 2 rings (SSSR count). The molecule has 1 unspecified atom stereocenters. The molecule has 2 saturated heterocycles. The number of rotatable bonds is 14. The quantitative estimate of drug-likeness (QED) is 0.441. The van der Waals surface area contributed by atoms with Crippen molar-refractivity contribution in [1.82, 2.24) is 15.1 Å². The smallest absolute Gasteiger partial charge is 0.0594 e. The highest BCUT2D eigenvalue weighted by Crippen LogP contribution is 2.38. The molecule has 0 bridgehead atoms. The molecule has 1 spiro atoms. The zero-order valence-electron chi connectivity index (χ0n) is 15.8. The fourth-order valence-corrected chi connectivity index (χ4v) is 3.63. The van der Waals surface area contributed by atoms with Crippen LogP contribution in [0.3, 0.4) is 0 Å². The molecule has 0 aromatic heterocycles. The van der Waals surface area contributed by atoms with Gasteiger partial charge in [0.15, 0.2) is 0 Å². The van der Waals surface area contributed by atoms with Gasteiger partial charge >= 0.3 is 0 Å². The predicted octanol–water partition coefficient (Wildman–Crippen LogP) is 0.232. The molecule has 6 heteroatoms. The van der Waals surface area contributed by atoms with E-state index in [4.69, 9.17) is 15.2 Å². The van der Waals surface area contributed by atoms with Crippen LogP contribution in [0.2, 0.25) is 0 Å². The molecule has 2 heterocycles. The molecule has 0 amide bonds. The molecule has 2 aliphatic heterocycles. The summed E-state index contributed by atoms with van der Waals surface area (Å²) in [4.78, 5) is 5.02. The number of nitrogens with two attached hydrogens (primary N) is 1. The molecule has 0 aromatic rings. The number of hydrogen-bond donors (Lipinski definition) is 2. The van der Waals surface area contributed by atoms with Crippen LogP contribution >= 0.6 is 0 Å². The van der Waals surface area contributed by atoms with Gasteiger partial charge in [0.1, 0.15) is 0 Å². The van der Waals surface area contributed by atoms with Crippen LogP contribution in [0.4, 0.5) is 0 Å². The summed E-state index contributed by atoms with van der Waals surface area (Å²) in [5, 5.41) is 3.45. The topological polar surface area (TPSA) is 63.0 Å². The van der Waals surface area contributed by atoms with Crippen molar-refractivity contribution in [3.8, 4) is 0 Å². The van der Waals surface area contributed by atoms with Crippen molar-refractivity contribution >= 4 is 0 Å². The lowest BCUT2D eigenvalue weighted by Gasteiger charge is -2.60. The second kappa shape index (κ2) is 10.7. The third kappa shape index (κ3) is 6.58. The molecule has 0 saturated carbocycles. The Balaban J connectivity index is 1.36. The van der Waals surface area contributed by atoms with Crippen molar-refractivity contribution in [1.29, 1.82) is 0 Å². The first-order valence-corrected chi connectivity index (χ1v) is 9.68. The Bertz CT molecular complexity index is 329. The van der Waals surface area contributed by atoms with E-state index in [0.717, 1.165) is 51.9 Å². The molecule has 1 atom stereocenters. The standard InChI is InChI=1S/C18H38N4O2/c1-3-17(2)12-20-5-9-24-11-7-22-15-18(16-22)13-21(14-18)6-10-23-8-4-19/h17,20H,3-16,19H2,1-2H3. The summed E-state index contributed by atoms with van der Waals surface area (Å²) in [6, 6.07) is 0. The maximum atomic E-state index is 5.73. The maximum Gasteiger partial charge on any atom is 0.0594 e. The van der Waals surface area contributed by atoms with Gasteiger partial charge in [-0.3, -0.25) is 9.80 Å². The minimum atomic E-state index is 0.575. The van der Waals surface area contributed by atoms with Gasteiger partial charge in [-0.2, -0.15) is 0 Å². The zero-order chi connectivity index (χ0) is 17.3. The summed E-state index contributed by atoms with van der Waals surface area (Å²) in [6.07, 6.45) is 1.24. The Kier molecular flexibility index (Phi) is 8.94. The van der Waals surface area contributed by atoms with Gasteiger partial charge in [0.25, 0.3) is 0 Å². The fraction of sp³-hybridized carbons (Fsp3) is 1.00. The van der Waals surface area contributed by atoms with Crippen LogP contribution in [0, 0.1) is 11.3 Å². The number of nitrogens with one attached hydrogen (secondary N) is 1. The van der Waals surface area contributed by atoms with Gasteiger partial charge < -0.3 is 20.5 Å². The monoisotopic (exact) mass is 342 g/mol. The molecule has 0 aliphatic carbocycles.